The first-order chi connectivity index (χ1) is 19.7. The molecule has 5 rings (SSSR count). The van der Waals surface area contributed by atoms with Crippen molar-refractivity contribution in [1.82, 2.24) is 19.7 Å². The first kappa shape index (κ1) is 27.9. The maximum absolute atomic E-state index is 13.9. The van der Waals surface area contributed by atoms with Crippen LogP contribution in [0.1, 0.15) is 35.6 Å². The first-order valence-electron chi connectivity index (χ1n) is 12.6. The Labute approximate surface area is 241 Å². The number of carbonyl (C=O) groups is 1. The highest BCUT2D eigenvalue weighted by molar-refractivity contribution is 7.90. The van der Waals surface area contributed by atoms with Gasteiger partial charge in [0.1, 0.15) is 5.82 Å². The zero-order valence-corrected chi connectivity index (χ0v) is 23.4. The van der Waals surface area contributed by atoms with E-state index in [0.717, 1.165) is 44.9 Å². The number of allylic oxidation sites excluding steroid dienone is 1. The van der Waals surface area contributed by atoms with Gasteiger partial charge in [0.2, 0.25) is 0 Å². The summed E-state index contributed by atoms with van der Waals surface area (Å²) in [7, 11) is -4.01. The summed E-state index contributed by atoms with van der Waals surface area (Å²) in [5.74, 6) is -1.19. The number of nitrogens with one attached hydrogen (secondary N) is 2. The quantitative estimate of drug-likeness (QED) is 0.157. The molecule has 3 aromatic carbocycles. The third-order valence-corrected chi connectivity index (χ3v) is 8.12. The number of aromatic amines is 1. The van der Waals surface area contributed by atoms with Gasteiger partial charge >= 0.3 is 0 Å². The molecule has 2 N–H and O–H groups in total. The number of sulfonamides is 1. The first-order valence-corrected chi connectivity index (χ1v) is 14.5. The average Bonchev–Trinajstić information content (AvgIpc) is 3.44. The number of rotatable bonds is 8. The zero-order valence-electron chi connectivity index (χ0n) is 21.8. The molecule has 0 saturated carbocycles. The van der Waals surface area contributed by atoms with Crippen LogP contribution in [0.4, 0.5) is 4.39 Å². The number of halogens is 2. The van der Waals surface area contributed by atoms with E-state index in [1.165, 1.54) is 42.7 Å². The molecule has 0 unspecified atom stereocenters. The fourth-order valence-electron chi connectivity index (χ4n) is 4.51. The molecule has 0 aliphatic carbocycles. The summed E-state index contributed by atoms with van der Waals surface area (Å²) in [6, 6.07) is 20.4. The van der Waals surface area contributed by atoms with Crippen LogP contribution < -0.4 is 4.72 Å². The normalized spacial score (nSPS) is 12.5. The molecule has 7 nitrogen and oxygen atoms in total. The van der Waals surface area contributed by atoms with Crippen molar-refractivity contribution in [2.75, 3.05) is 0 Å². The number of nitrogens with zero attached hydrogens (tertiary/aromatic N) is 2. The van der Waals surface area contributed by atoms with Crippen LogP contribution in [-0.2, 0) is 14.8 Å². The van der Waals surface area contributed by atoms with Crippen molar-refractivity contribution in [1.29, 1.82) is 0 Å². The van der Waals surface area contributed by atoms with Gasteiger partial charge in [0.15, 0.2) is 0 Å². The van der Waals surface area contributed by atoms with Gasteiger partial charge in [-0.15, -0.1) is 0 Å². The highest BCUT2D eigenvalue weighted by Crippen LogP contribution is 2.38. The SMILES string of the molecule is CC/C(=C(/c1ccc(/C=C/C(=O)NS(=O)(=O)c2ccncc2)cc1)c1ccc2[nH]cnc2c1)c1ccc(F)cc1Cl. The van der Waals surface area contributed by atoms with Crippen LogP contribution in [0.2, 0.25) is 5.02 Å². The summed E-state index contributed by atoms with van der Waals surface area (Å²) in [5.41, 5.74) is 6.72. The fourth-order valence-corrected chi connectivity index (χ4v) is 5.73. The Balaban J connectivity index is 1.49. The van der Waals surface area contributed by atoms with E-state index in [4.69, 9.17) is 11.6 Å². The maximum Gasteiger partial charge on any atom is 0.264 e. The molecule has 10 heteroatoms. The van der Waals surface area contributed by atoms with Gasteiger partial charge in [0.25, 0.3) is 15.9 Å². The van der Waals surface area contributed by atoms with Gasteiger partial charge < -0.3 is 4.98 Å². The number of carbonyl (C=O) groups excluding carboxylic acids is 1. The summed E-state index contributed by atoms with van der Waals surface area (Å²) < 4.78 is 40.7. The second kappa shape index (κ2) is 11.9. The van der Waals surface area contributed by atoms with E-state index < -0.39 is 21.7 Å². The van der Waals surface area contributed by atoms with Crippen LogP contribution in [0.3, 0.4) is 0 Å². The monoisotopic (exact) mass is 586 g/mol. The van der Waals surface area contributed by atoms with E-state index >= 15 is 0 Å². The number of benzene rings is 3. The molecule has 0 saturated heterocycles. The fraction of sp³-hybridized carbons (Fsp3) is 0.0645. The van der Waals surface area contributed by atoms with Gasteiger partial charge in [-0.2, -0.15) is 0 Å². The predicted octanol–water partition coefficient (Wildman–Crippen LogP) is 6.64. The third kappa shape index (κ3) is 6.26. The Kier molecular flexibility index (Phi) is 8.09. The molecule has 2 aromatic heterocycles. The van der Waals surface area contributed by atoms with Crippen molar-refractivity contribution in [3.63, 3.8) is 0 Å². The predicted molar refractivity (Wildman–Crippen MR) is 159 cm³/mol. The van der Waals surface area contributed by atoms with Crippen LogP contribution in [0.25, 0.3) is 28.3 Å². The highest BCUT2D eigenvalue weighted by Gasteiger charge is 2.17. The average molecular weight is 587 g/mol. The molecule has 0 spiro atoms. The van der Waals surface area contributed by atoms with Crippen molar-refractivity contribution in [2.45, 2.75) is 18.2 Å². The molecule has 0 bridgehead atoms. The van der Waals surface area contributed by atoms with Gasteiger partial charge in [-0.25, -0.2) is 22.5 Å². The van der Waals surface area contributed by atoms with Crippen molar-refractivity contribution in [3.05, 3.63) is 131 Å². The van der Waals surface area contributed by atoms with Gasteiger partial charge in [0, 0.05) is 18.5 Å². The van der Waals surface area contributed by atoms with Gasteiger partial charge in [-0.05, 0) is 82.3 Å². The van der Waals surface area contributed by atoms with Crippen molar-refractivity contribution >= 4 is 55.8 Å². The standard InChI is InChI=1S/C31H24ClFN4O3S/c1-2-25(26-10-9-23(33)18-27(26)32)31(22-8-11-28-29(17-22)36-19-35-28)21-6-3-20(4-7-21)5-12-30(38)37-41(39,40)24-13-15-34-16-14-24/h3-19H,2H2,1H3,(H,35,36)(H,37,38)/b12-5+,31-25+. The lowest BCUT2D eigenvalue weighted by Crippen LogP contribution is -2.28. The van der Waals surface area contributed by atoms with E-state index in [1.54, 1.807) is 12.4 Å². The lowest BCUT2D eigenvalue weighted by Gasteiger charge is -2.17. The third-order valence-electron chi connectivity index (χ3n) is 6.44. The number of pyridine rings is 1. The number of amides is 1. The number of hydrogen-bond donors (Lipinski definition) is 2. The molecule has 0 atom stereocenters. The molecule has 41 heavy (non-hydrogen) atoms. The maximum atomic E-state index is 13.9. The smallest absolute Gasteiger partial charge is 0.264 e. The van der Waals surface area contributed by atoms with Gasteiger partial charge in [0.05, 0.1) is 27.3 Å². The Hall–Kier alpha value is -4.60. The lowest BCUT2D eigenvalue weighted by molar-refractivity contribution is -0.114. The molecule has 5 aromatic rings. The van der Waals surface area contributed by atoms with Crippen molar-refractivity contribution < 1.29 is 17.6 Å². The van der Waals surface area contributed by atoms with Crippen LogP contribution in [-0.4, -0.2) is 29.3 Å². The Morgan fingerprint density at radius 1 is 1.00 bits per heavy atom. The number of H-pyrrole nitrogens is 1. The summed E-state index contributed by atoms with van der Waals surface area (Å²) >= 11 is 6.50. The number of aromatic nitrogens is 3. The number of hydrogen-bond acceptors (Lipinski definition) is 5. The molecular weight excluding hydrogens is 563 g/mol. The molecule has 206 valence electrons. The van der Waals surface area contributed by atoms with Gasteiger partial charge in [-0.3, -0.25) is 9.78 Å². The largest absolute Gasteiger partial charge is 0.345 e. The van der Waals surface area contributed by atoms with Gasteiger partial charge in [-0.1, -0.05) is 54.9 Å². The second-order valence-electron chi connectivity index (χ2n) is 9.07. The summed E-state index contributed by atoms with van der Waals surface area (Å²) in [6.45, 7) is 2.01. The second-order valence-corrected chi connectivity index (χ2v) is 11.2. The molecular formula is C31H24ClFN4O3S. The van der Waals surface area contributed by atoms with E-state index in [-0.39, 0.29) is 4.90 Å². The summed E-state index contributed by atoms with van der Waals surface area (Å²) in [4.78, 5) is 23.6. The van der Waals surface area contributed by atoms with Crippen molar-refractivity contribution in [2.24, 2.45) is 0 Å². The van der Waals surface area contributed by atoms with Crippen LogP contribution >= 0.6 is 11.6 Å². The molecule has 0 fully saturated rings. The van der Waals surface area contributed by atoms with E-state index in [1.807, 2.05) is 54.1 Å². The Morgan fingerprint density at radius 2 is 1.73 bits per heavy atom. The van der Waals surface area contributed by atoms with Crippen LogP contribution in [0.5, 0.6) is 0 Å². The van der Waals surface area contributed by atoms with E-state index in [0.29, 0.717) is 17.0 Å². The molecule has 2 heterocycles. The minimum absolute atomic E-state index is 0.0565. The van der Waals surface area contributed by atoms with E-state index in [9.17, 15) is 17.6 Å². The van der Waals surface area contributed by atoms with Crippen LogP contribution in [0, 0.1) is 5.82 Å². The Morgan fingerprint density at radius 3 is 2.44 bits per heavy atom. The van der Waals surface area contributed by atoms with Crippen molar-refractivity contribution in [3.8, 4) is 0 Å². The molecule has 0 aliphatic rings. The lowest BCUT2D eigenvalue weighted by atomic mass is 9.87. The number of imidazole rings is 1. The Bertz CT molecular complexity index is 1900. The zero-order chi connectivity index (χ0) is 29.0. The number of fused-ring (bicyclic) bond motifs is 1. The van der Waals surface area contributed by atoms with Crippen LogP contribution in [0.15, 0.2) is 102 Å². The highest BCUT2D eigenvalue weighted by atomic mass is 35.5. The minimum Gasteiger partial charge on any atom is -0.345 e. The van der Waals surface area contributed by atoms with E-state index in [2.05, 4.69) is 15.0 Å². The minimum atomic E-state index is -4.01. The molecule has 0 aliphatic heterocycles. The topological polar surface area (TPSA) is 105 Å². The summed E-state index contributed by atoms with van der Waals surface area (Å²) in [5, 5.41) is 0.312. The summed E-state index contributed by atoms with van der Waals surface area (Å²) in [6.07, 6.45) is 7.60. The molecule has 0 radical (unpaired) electrons. The molecule has 1 amide bonds.